The van der Waals surface area contributed by atoms with Crippen LogP contribution < -0.4 is 15.2 Å². The zero-order valence-corrected chi connectivity index (χ0v) is 10.0. The third-order valence-corrected chi connectivity index (χ3v) is 2.00. The maximum absolute atomic E-state index is 5.56. The Labute approximate surface area is 105 Å². The summed E-state index contributed by atoms with van der Waals surface area (Å²) in [5.41, 5.74) is 5.56. The van der Waals surface area contributed by atoms with E-state index in [1.165, 1.54) is 0 Å². The zero-order chi connectivity index (χ0) is 12.8. The molecule has 0 radical (unpaired) electrons. The number of rotatable bonds is 5. The van der Waals surface area contributed by atoms with Crippen LogP contribution in [0.25, 0.3) is 0 Å². The van der Waals surface area contributed by atoms with Gasteiger partial charge in [0, 0.05) is 0 Å². The predicted molar refractivity (Wildman–Crippen MR) is 66.5 cm³/mol. The predicted octanol–water partition coefficient (Wildman–Crippen LogP) is 2.03. The van der Waals surface area contributed by atoms with Crippen LogP contribution in [0, 0.1) is 0 Å². The summed E-state index contributed by atoms with van der Waals surface area (Å²) in [5.74, 6) is 0.701. The van der Waals surface area contributed by atoms with Gasteiger partial charge in [-0.25, -0.2) is 0 Å². The summed E-state index contributed by atoms with van der Waals surface area (Å²) in [6.45, 7) is 2.51. The van der Waals surface area contributed by atoms with E-state index in [1.54, 1.807) is 12.1 Å². The highest BCUT2D eigenvalue weighted by Gasteiger charge is 2.07. The van der Waals surface area contributed by atoms with Gasteiger partial charge in [-0.05, 0) is 18.6 Å². The molecule has 1 aromatic heterocycles. The van der Waals surface area contributed by atoms with E-state index in [1.807, 2.05) is 25.1 Å². The van der Waals surface area contributed by atoms with Crippen LogP contribution >= 0.6 is 0 Å². The molecule has 18 heavy (non-hydrogen) atoms. The Morgan fingerprint density at radius 1 is 1.06 bits per heavy atom. The van der Waals surface area contributed by atoms with Crippen LogP contribution in [0.4, 0.5) is 5.95 Å². The molecule has 0 saturated carbocycles. The third kappa shape index (κ3) is 3.31. The average molecular weight is 246 g/mol. The monoisotopic (exact) mass is 246 g/mol. The Hall–Kier alpha value is -2.37. The van der Waals surface area contributed by atoms with E-state index in [0.29, 0.717) is 12.4 Å². The highest BCUT2D eigenvalue weighted by atomic mass is 16.5. The topological polar surface area (TPSA) is 83.2 Å². The summed E-state index contributed by atoms with van der Waals surface area (Å²) < 4.78 is 10.7. The van der Waals surface area contributed by atoms with Gasteiger partial charge in [0.15, 0.2) is 0 Å². The molecule has 0 unspecified atom stereocenters. The van der Waals surface area contributed by atoms with Gasteiger partial charge in [-0.2, -0.15) is 9.97 Å². The van der Waals surface area contributed by atoms with E-state index < -0.39 is 0 Å². The average Bonchev–Trinajstić information content (AvgIpc) is 2.37. The maximum Gasteiger partial charge on any atom is 0.330 e. The molecule has 0 aliphatic rings. The first kappa shape index (κ1) is 12.1. The number of benzene rings is 1. The smallest absolute Gasteiger partial charge is 0.330 e. The molecule has 2 rings (SSSR count). The SMILES string of the molecule is CCCOc1nc(N)nc(Oc2ccccc2)n1. The molecule has 2 N–H and O–H groups in total. The van der Waals surface area contributed by atoms with Crippen LogP contribution in [0.2, 0.25) is 0 Å². The highest BCUT2D eigenvalue weighted by molar-refractivity contribution is 5.27. The van der Waals surface area contributed by atoms with Crippen molar-refractivity contribution in [2.24, 2.45) is 0 Å². The largest absolute Gasteiger partial charge is 0.463 e. The van der Waals surface area contributed by atoms with Gasteiger partial charge < -0.3 is 15.2 Å². The fraction of sp³-hybridized carbons (Fsp3) is 0.250. The van der Waals surface area contributed by atoms with Gasteiger partial charge >= 0.3 is 12.0 Å². The Balaban J connectivity index is 2.15. The summed E-state index contributed by atoms with van der Waals surface area (Å²) in [6, 6.07) is 9.50. The number of anilines is 1. The number of ether oxygens (including phenoxy) is 2. The molecule has 0 aliphatic heterocycles. The van der Waals surface area contributed by atoms with Gasteiger partial charge in [0.25, 0.3) is 0 Å². The Morgan fingerprint density at radius 2 is 1.78 bits per heavy atom. The van der Waals surface area contributed by atoms with Crippen molar-refractivity contribution in [2.45, 2.75) is 13.3 Å². The number of nitrogen functional groups attached to an aromatic ring is 1. The lowest BCUT2D eigenvalue weighted by Gasteiger charge is -2.06. The van der Waals surface area contributed by atoms with Crippen LogP contribution in [0.1, 0.15) is 13.3 Å². The molecule has 0 amide bonds. The molecule has 94 valence electrons. The van der Waals surface area contributed by atoms with Crippen molar-refractivity contribution >= 4 is 5.95 Å². The second kappa shape index (κ2) is 5.81. The van der Waals surface area contributed by atoms with Crippen LogP contribution in [-0.2, 0) is 0 Å². The number of nitrogens with two attached hydrogens (primary N) is 1. The quantitative estimate of drug-likeness (QED) is 0.869. The van der Waals surface area contributed by atoms with Crippen molar-refractivity contribution in [1.82, 2.24) is 15.0 Å². The maximum atomic E-state index is 5.56. The van der Waals surface area contributed by atoms with Gasteiger partial charge in [-0.1, -0.05) is 25.1 Å². The normalized spacial score (nSPS) is 10.1. The Bertz CT molecular complexity index is 505. The molecule has 0 fully saturated rings. The van der Waals surface area contributed by atoms with Crippen LogP contribution in [0.3, 0.4) is 0 Å². The van der Waals surface area contributed by atoms with Crippen molar-refractivity contribution in [3.63, 3.8) is 0 Å². The molecule has 0 bridgehead atoms. The van der Waals surface area contributed by atoms with Crippen LogP contribution in [-0.4, -0.2) is 21.6 Å². The summed E-state index contributed by atoms with van der Waals surface area (Å²) in [4.78, 5) is 11.8. The first-order valence-electron chi connectivity index (χ1n) is 5.65. The number of hydrogen-bond acceptors (Lipinski definition) is 6. The molecule has 0 saturated heterocycles. The molecule has 1 heterocycles. The van der Waals surface area contributed by atoms with E-state index >= 15 is 0 Å². The standard InChI is InChI=1S/C12H14N4O2/c1-2-8-17-11-14-10(13)15-12(16-11)18-9-6-4-3-5-7-9/h3-7H,2,8H2,1H3,(H2,13,14,15,16). The highest BCUT2D eigenvalue weighted by Crippen LogP contribution is 2.19. The fourth-order valence-corrected chi connectivity index (χ4v) is 1.25. The molecular formula is C12H14N4O2. The molecule has 0 spiro atoms. The minimum Gasteiger partial charge on any atom is -0.463 e. The van der Waals surface area contributed by atoms with Crippen molar-refractivity contribution in [3.05, 3.63) is 30.3 Å². The fourth-order valence-electron chi connectivity index (χ4n) is 1.25. The summed E-state index contributed by atoms with van der Waals surface area (Å²) >= 11 is 0. The molecular weight excluding hydrogens is 232 g/mol. The second-order valence-corrected chi connectivity index (χ2v) is 3.52. The summed E-state index contributed by atoms with van der Waals surface area (Å²) in [7, 11) is 0. The van der Waals surface area contributed by atoms with Crippen LogP contribution in [0.5, 0.6) is 17.8 Å². The molecule has 2 aromatic rings. The van der Waals surface area contributed by atoms with Crippen molar-refractivity contribution in [2.75, 3.05) is 12.3 Å². The first-order chi connectivity index (χ1) is 8.78. The van der Waals surface area contributed by atoms with Crippen LogP contribution in [0.15, 0.2) is 30.3 Å². The molecule has 0 atom stereocenters. The summed E-state index contributed by atoms with van der Waals surface area (Å²) in [6.07, 6.45) is 0.862. The first-order valence-corrected chi connectivity index (χ1v) is 5.65. The summed E-state index contributed by atoms with van der Waals surface area (Å²) in [5, 5.41) is 0. The second-order valence-electron chi connectivity index (χ2n) is 3.52. The number of aromatic nitrogens is 3. The van der Waals surface area contributed by atoms with Crippen molar-refractivity contribution in [3.8, 4) is 17.8 Å². The molecule has 6 heteroatoms. The van der Waals surface area contributed by atoms with Gasteiger partial charge in [0.1, 0.15) is 5.75 Å². The molecule has 6 nitrogen and oxygen atoms in total. The minimum absolute atomic E-state index is 0.0713. The van der Waals surface area contributed by atoms with E-state index in [0.717, 1.165) is 6.42 Å². The van der Waals surface area contributed by atoms with Gasteiger partial charge in [-0.15, -0.1) is 4.98 Å². The zero-order valence-electron chi connectivity index (χ0n) is 10.0. The lowest BCUT2D eigenvalue weighted by atomic mass is 10.3. The molecule has 1 aromatic carbocycles. The van der Waals surface area contributed by atoms with Gasteiger partial charge in [0.05, 0.1) is 6.61 Å². The van der Waals surface area contributed by atoms with Gasteiger partial charge in [0.2, 0.25) is 5.95 Å². The Kier molecular flexibility index (Phi) is 3.90. The minimum atomic E-state index is 0.0713. The van der Waals surface area contributed by atoms with E-state index in [-0.39, 0.29) is 18.0 Å². The van der Waals surface area contributed by atoms with Crippen molar-refractivity contribution in [1.29, 1.82) is 0 Å². The van der Waals surface area contributed by atoms with E-state index in [2.05, 4.69) is 15.0 Å². The number of para-hydroxylation sites is 1. The van der Waals surface area contributed by atoms with E-state index in [9.17, 15) is 0 Å². The van der Waals surface area contributed by atoms with Gasteiger partial charge in [-0.3, -0.25) is 0 Å². The lowest BCUT2D eigenvalue weighted by Crippen LogP contribution is -2.05. The Morgan fingerprint density at radius 3 is 2.50 bits per heavy atom. The lowest BCUT2D eigenvalue weighted by molar-refractivity contribution is 0.285. The van der Waals surface area contributed by atoms with Crippen molar-refractivity contribution < 1.29 is 9.47 Å². The number of nitrogens with zero attached hydrogens (tertiary/aromatic N) is 3. The third-order valence-electron chi connectivity index (χ3n) is 2.00. The van der Waals surface area contributed by atoms with E-state index in [4.69, 9.17) is 15.2 Å². The molecule has 0 aliphatic carbocycles. The number of hydrogen-bond donors (Lipinski definition) is 1.